The third-order valence-electron chi connectivity index (χ3n) is 6.85. The van der Waals surface area contributed by atoms with Crippen molar-refractivity contribution in [1.29, 1.82) is 0 Å². The van der Waals surface area contributed by atoms with Gasteiger partial charge >= 0.3 is 5.97 Å². The van der Waals surface area contributed by atoms with E-state index in [4.69, 9.17) is 4.74 Å². The summed E-state index contributed by atoms with van der Waals surface area (Å²) in [4.78, 5) is 12.6. The molecule has 0 aromatic heterocycles. The molecule has 0 N–H and O–H groups in total. The van der Waals surface area contributed by atoms with E-state index in [1.807, 2.05) is 11.8 Å². The molecule has 0 aliphatic carbocycles. The van der Waals surface area contributed by atoms with E-state index in [-0.39, 0.29) is 22.7 Å². The second-order valence-corrected chi connectivity index (χ2v) is 10.5. The SMILES string of the molecule is CCCCCCC[C@@H]1C[C@@H](CSC(c2ccccc2)(c2ccccc2)c2ccccc2)OC1=O. The highest BCUT2D eigenvalue weighted by atomic mass is 32.2. The quantitative estimate of drug-likeness (QED) is 0.152. The monoisotopic (exact) mass is 472 g/mol. The molecular formula is C31H36O2S. The minimum Gasteiger partial charge on any atom is -0.461 e. The number of thioether (sulfide) groups is 1. The van der Waals surface area contributed by atoms with Crippen LogP contribution in [0.2, 0.25) is 0 Å². The Morgan fingerprint density at radius 1 is 0.765 bits per heavy atom. The van der Waals surface area contributed by atoms with Gasteiger partial charge in [0.2, 0.25) is 0 Å². The number of carbonyl (C=O) groups is 1. The molecule has 0 unspecified atom stereocenters. The molecule has 0 spiro atoms. The minimum absolute atomic E-state index is 0.00539. The van der Waals surface area contributed by atoms with Crippen molar-refractivity contribution in [2.75, 3.05) is 5.75 Å². The van der Waals surface area contributed by atoms with Crippen molar-refractivity contribution in [3.8, 4) is 0 Å². The summed E-state index contributed by atoms with van der Waals surface area (Å²) in [5.74, 6) is 0.842. The number of cyclic esters (lactones) is 1. The Bertz CT molecular complexity index is 907. The topological polar surface area (TPSA) is 26.3 Å². The van der Waals surface area contributed by atoms with Crippen LogP contribution in [0.1, 0.15) is 68.6 Å². The largest absolute Gasteiger partial charge is 0.461 e. The molecule has 178 valence electrons. The van der Waals surface area contributed by atoms with Crippen molar-refractivity contribution >= 4 is 17.7 Å². The third kappa shape index (κ3) is 5.75. The zero-order chi connectivity index (χ0) is 23.6. The van der Waals surface area contributed by atoms with E-state index in [1.165, 1.54) is 42.4 Å². The number of rotatable bonds is 12. The van der Waals surface area contributed by atoms with Crippen LogP contribution in [0.3, 0.4) is 0 Å². The van der Waals surface area contributed by atoms with Gasteiger partial charge in [-0.15, -0.1) is 11.8 Å². The van der Waals surface area contributed by atoms with Crippen LogP contribution >= 0.6 is 11.8 Å². The van der Waals surface area contributed by atoms with E-state index in [0.29, 0.717) is 0 Å². The van der Waals surface area contributed by atoms with Crippen LogP contribution in [-0.2, 0) is 14.3 Å². The lowest BCUT2D eigenvalue weighted by molar-refractivity contribution is -0.143. The van der Waals surface area contributed by atoms with Gasteiger partial charge in [-0.2, -0.15) is 0 Å². The van der Waals surface area contributed by atoms with E-state index < -0.39 is 0 Å². The molecule has 1 fully saturated rings. The first kappa shape index (κ1) is 24.6. The highest BCUT2D eigenvalue weighted by Gasteiger charge is 2.40. The van der Waals surface area contributed by atoms with Gasteiger partial charge in [-0.3, -0.25) is 4.79 Å². The second-order valence-electron chi connectivity index (χ2n) is 9.28. The summed E-state index contributed by atoms with van der Waals surface area (Å²) in [6.45, 7) is 2.23. The molecule has 2 atom stereocenters. The summed E-state index contributed by atoms with van der Waals surface area (Å²) in [7, 11) is 0. The Morgan fingerprint density at radius 2 is 1.26 bits per heavy atom. The molecule has 3 aromatic rings. The summed E-state index contributed by atoms with van der Waals surface area (Å²) in [5, 5.41) is 0. The van der Waals surface area contributed by atoms with Crippen LogP contribution in [0.4, 0.5) is 0 Å². The van der Waals surface area contributed by atoms with Crippen molar-refractivity contribution < 1.29 is 9.53 Å². The van der Waals surface area contributed by atoms with E-state index in [2.05, 4.69) is 97.9 Å². The summed E-state index contributed by atoms with van der Waals surface area (Å²) < 4.78 is 5.53. The maximum Gasteiger partial charge on any atom is 0.309 e. The normalized spacial score (nSPS) is 18.1. The molecule has 0 saturated carbocycles. The molecular weight excluding hydrogens is 436 g/mol. The molecule has 3 heteroatoms. The van der Waals surface area contributed by atoms with Crippen LogP contribution in [0, 0.1) is 5.92 Å². The van der Waals surface area contributed by atoms with Gasteiger partial charge in [-0.1, -0.05) is 130 Å². The summed E-state index contributed by atoms with van der Waals surface area (Å²) in [6.07, 6.45) is 7.92. The molecule has 1 aliphatic rings. The highest BCUT2D eigenvalue weighted by molar-refractivity contribution is 8.00. The van der Waals surface area contributed by atoms with E-state index >= 15 is 0 Å². The lowest BCUT2D eigenvalue weighted by Gasteiger charge is -2.36. The average Bonchev–Trinajstić information content (AvgIpc) is 3.25. The van der Waals surface area contributed by atoms with Crippen LogP contribution in [0.5, 0.6) is 0 Å². The highest BCUT2D eigenvalue weighted by Crippen LogP contribution is 2.49. The molecule has 3 aromatic carbocycles. The molecule has 0 radical (unpaired) electrons. The summed E-state index contributed by atoms with van der Waals surface area (Å²) >= 11 is 1.89. The van der Waals surface area contributed by atoms with Crippen LogP contribution in [-0.4, -0.2) is 17.8 Å². The average molecular weight is 473 g/mol. The van der Waals surface area contributed by atoms with Crippen molar-refractivity contribution in [3.63, 3.8) is 0 Å². The minimum atomic E-state index is -0.367. The van der Waals surface area contributed by atoms with E-state index in [9.17, 15) is 4.79 Å². The fraction of sp³-hybridized carbons (Fsp3) is 0.387. The van der Waals surface area contributed by atoms with Gasteiger partial charge in [0.15, 0.2) is 0 Å². The number of hydrogen-bond donors (Lipinski definition) is 0. The van der Waals surface area contributed by atoms with Crippen molar-refractivity contribution in [2.24, 2.45) is 5.92 Å². The molecule has 34 heavy (non-hydrogen) atoms. The van der Waals surface area contributed by atoms with Crippen LogP contribution < -0.4 is 0 Å². The molecule has 1 heterocycles. The standard InChI is InChI=1S/C31H36O2S/c1-2-3-4-5-9-16-25-23-29(33-30(25)32)24-34-31(26-17-10-6-11-18-26,27-19-12-7-13-20-27)28-21-14-8-15-22-28/h6-8,10-15,17-22,25,29H,2-5,9,16,23-24H2,1H3/t25-,29+/m1/s1. The van der Waals surface area contributed by atoms with Gasteiger partial charge < -0.3 is 4.74 Å². The molecule has 4 rings (SSSR count). The Morgan fingerprint density at radius 3 is 1.76 bits per heavy atom. The Hall–Kier alpha value is -2.52. The third-order valence-corrected chi connectivity index (χ3v) is 8.52. The molecule has 0 bridgehead atoms. The Labute approximate surface area is 209 Å². The summed E-state index contributed by atoms with van der Waals surface area (Å²) in [6, 6.07) is 32.2. The number of ether oxygens (including phenoxy) is 1. The van der Waals surface area contributed by atoms with Gasteiger partial charge in [-0.05, 0) is 29.5 Å². The van der Waals surface area contributed by atoms with Crippen molar-refractivity contribution in [2.45, 2.75) is 62.7 Å². The molecule has 1 aliphatic heterocycles. The zero-order valence-corrected chi connectivity index (χ0v) is 21.0. The zero-order valence-electron chi connectivity index (χ0n) is 20.2. The number of unbranched alkanes of at least 4 members (excludes halogenated alkanes) is 4. The van der Waals surface area contributed by atoms with E-state index in [0.717, 1.165) is 25.0 Å². The summed E-state index contributed by atoms with van der Waals surface area (Å²) in [5.41, 5.74) is 3.73. The number of hydrogen-bond acceptors (Lipinski definition) is 3. The first-order valence-electron chi connectivity index (χ1n) is 12.7. The van der Waals surface area contributed by atoms with Gasteiger partial charge in [0.05, 0.1) is 10.7 Å². The Balaban J connectivity index is 1.55. The van der Waals surface area contributed by atoms with Gasteiger partial charge in [0.25, 0.3) is 0 Å². The van der Waals surface area contributed by atoms with Crippen molar-refractivity contribution in [3.05, 3.63) is 108 Å². The van der Waals surface area contributed by atoms with Crippen LogP contribution in [0.25, 0.3) is 0 Å². The molecule has 2 nitrogen and oxygen atoms in total. The second kappa shape index (κ2) is 12.3. The predicted molar refractivity (Wildman–Crippen MR) is 143 cm³/mol. The van der Waals surface area contributed by atoms with Gasteiger partial charge in [-0.25, -0.2) is 0 Å². The fourth-order valence-electron chi connectivity index (χ4n) is 5.04. The number of esters is 1. The smallest absolute Gasteiger partial charge is 0.309 e. The maximum absolute atomic E-state index is 12.6. The molecule has 0 amide bonds. The van der Waals surface area contributed by atoms with E-state index in [1.54, 1.807) is 0 Å². The predicted octanol–water partition coefficient (Wildman–Crippen LogP) is 8.00. The van der Waals surface area contributed by atoms with Crippen LogP contribution in [0.15, 0.2) is 91.0 Å². The first-order valence-corrected chi connectivity index (χ1v) is 13.7. The number of benzene rings is 3. The Kier molecular flexibility index (Phi) is 8.87. The lowest BCUT2D eigenvalue weighted by atomic mass is 9.84. The maximum atomic E-state index is 12.6. The number of carbonyl (C=O) groups excluding carboxylic acids is 1. The first-order chi connectivity index (χ1) is 16.7. The molecule has 1 saturated heterocycles. The lowest BCUT2D eigenvalue weighted by Crippen LogP contribution is -2.28. The fourth-order valence-corrected chi connectivity index (χ4v) is 6.59. The van der Waals surface area contributed by atoms with Crippen molar-refractivity contribution in [1.82, 2.24) is 0 Å². The van der Waals surface area contributed by atoms with Gasteiger partial charge in [0.1, 0.15) is 6.10 Å². The van der Waals surface area contributed by atoms with Gasteiger partial charge in [0, 0.05) is 5.75 Å².